The second-order valence-electron chi connectivity index (χ2n) is 10.6. The lowest BCUT2D eigenvalue weighted by Gasteiger charge is -2.35. The maximum absolute atomic E-state index is 6.43. The van der Waals surface area contributed by atoms with Crippen LogP contribution in [0.2, 0.25) is 0 Å². The van der Waals surface area contributed by atoms with E-state index in [0.29, 0.717) is 13.2 Å². The Morgan fingerprint density at radius 2 is 1.12 bits per heavy atom. The first-order chi connectivity index (χ1) is 19.7. The number of benzene rings is 5. The Morgan fingerprint density at radius 3 is 1.71 bits per heavy atom. The average molecular weight is 562 g/mol. The Kier molecular flexibility index (Phi) is 9.40. The van der Waals surface area contributed by atoms with Gasteiger partial charge in [-0.3, -0.25) is 4.90 Å². The van der Waals surface area contributed by atoms with Crippen LogP contribution in [0.5, 0.6) is 11.5 Å². The van der Waals surface area contributed by atoms with E-state index < -0.39 is 0 Å². The number of hydrogen-bond donors (Lipinski definition) is 0. The van der Waals surface area contributed by atoms with Crippen LogP contribution in [0.3, 0.4) is 0 Å². The predicted octanol–water partition coefficient (Wildman–Crippen LogP) is 8.71. The van der Waals surface area contributed by atoms with Crippen molar-refractivity contribution < 1.29 is 9.47 Å². The minimum absolute atomic E-state index is 0. The topological polar surface area (TPSA) is 21.7 Å². The van der Waals surface area contributed by atoms with E-state index in [0.717, 1.165) is 42.0 Å². The van der Waals surface area contributed by atoms with Gasteiger partial charge in [-0.05, 0) is 71.0 Å². The molecule has 1 atom stereocenters. The molecule has 3 nitrogen and oxygen atoms in total. The van der Waals surface area contributed by atoms with E-state index in [-0.39, 0.29) is 18.4 Å². The molecule has 0 amide bonds. The van der Waals surface area contributed by atoms with Crippen molar-refractivity contribution in [1.29, 1.82) is 0 Å². The molecule has 0 saturated heterocycles. The van der Waals surface area contributed by atoms with Crippen molar-refractivity contribution >= 4 is 12.4 Å². The summed E-state index contributed by atoms with van der Waals surface area (Å²) in [6, 6.07) is 44.9. The number of rotatable bonds is 9. The SMILES string of the molecule is CN1CCc2cc(OCc3ccccc3)c(OCc3ccccc3)cc2C1Cc1ccc(-c2ccccc2)cc1.Cl. The molecule has 5 aromatic rings. The van der Waals surface area contributed by atoms with E-state index in [1.165, 1.54) is 27.8 Å². The number of halogens is 1. The summed E-state index contributed by atoms with van der Waals surface area (Å²) in [4.78, 5) is 2.47. The van der Waals surface area contributed by atoms with Crippen molar-refractivity contribution in [3.05, 3.63) is 155 Å². The van der Waals surface area contributed by atoms with Crippen molar-refractivity contribution in [2.75, 3.05) is 13.6 Å². The van der Waals surface area contributed by atoms with E-state index in [4.69, 9.17) is 9.47 Å². The highest BCUT2D eigenvalue weighted by molar-refractivity contribution is 5.85. The highest BCUT2D eigenvalue weighted by atomic mass is 35.5. The summed E-state index contributed by atoms with van der Waals surface area (Å²) in [5, 5.41) is 0. The summed E-state index contributed by atoms with van der Waals surface area (Å²) >= 11 is 0. The van der Waals surface area contributed by atoms with Crippen molar-refractivity contribution in [1.82, 2.24) is 4.90 Å². The quantitative estimate of drug-likeness (QED) is 0.180. The van der Waals surface area contributed by atoms with Gasteiger partial charge in [-0.15, -0.1) is 12.4 Å². The molecule has 5 aromatic carbocycles. The summed E-state index contributed by atoms with van der Waals surface area (Å²) < 4.78 is 12.8. The molecule has 6 rings (SSSR count). The zero-order chi connectivity index (χ0) is 27.1. The number of hydrogen-bond acceptors (Lipinski definition) is 3. The van der Waals surface area contributed by atoms with Crippen molar-refractivity contribution in [2.24, 2.45) is 0 Å². The number of nitrogens with zero attached hydrogens (tertiary/aromatic N) is 1. The Bertz CT molecular complexity index is 1520. The second-order valence-corrected chi connectivity index (χ2v) is 10.6. The van der Waals surface area contributed by atoms with Crippen LogP contribution in [0.15, 0.2) is 127 Å². The smallest absolute Gasteiger partial charge is 0.162 e. The lowest BCUT2D eigenvalue weighted by Crippen LogP contribution is -2.33. The van der Waals surface area contributed by atoms with Crippen LogP contribution in [0, 0.1) is 0 Å². The summed E-state index contributed by atoms with van der Waals surface area (Å²) in [6.45, 7) is 2.03. The first-order valence-electron chi connectivity index (χ1n) is 14.1. The molecule has 0 bridgehead atoms. The fourth-order valence-electron chi connectivity index (χ4n) is 5.48. The van der Waals surface area contributed by atoms with Gasteiger partial charge < -0.3 is 9.47 Å². The van der Waals surface area contributed by atoms with E-state index in [9.17, 15) is 0 Å². The van der Waals surface area contributed by atoms with Crippen LogP contribution in [0.25, 0.3) is 11.1 Å². The highest BCUT2D eigenvalue weighted by Crippen LogP contribution is 2.40. The Morgan fingerprint density at radius 1 is 0.610 bits per heavy atom. The molecule has 0 N–H and O–H groups in total. The third-order valence-corrected chi connectivity index (χ3v) is 7.79. The summed E-state index contributed by atoms with van der Waals surface area (Å²) in [5.74, 6) is 1.62. The normalized spacial score (nSPS) is 14.5. The van der Waals surface area contributed by atoms with Crippen molar-refractivity contribution in [2.45, 2.75) is 32.1 Å². The molecule has 0 radical (unpaired) electrons. The van der Waals surface area contributed by atoms with Crippen LogP contribution in [0.4, 0.5) is 0 Å². The number of likely N-dealkylation sites (N-methyl/N-ethyl adjacent to an activating group) is 1. The lowest BCUT2D eigenvalue weighted by atomic mass is 9.88. The first kappa shape index (κ1) is 28.5. The lowest BCUT2D eigenvalue weighted by molar-refractivity contribution is 0.223. The molecule has 1 aliphatic rings. The van der Waals surface area contributed by atoms with E-state index in [1.807, 2.05) is 36.4 Å². The third-order valence-electron chi connectivity index (χ3n) is 7.79. The van der Waals surface area contributed by atoms with Gasteiger partial charge >= 0.3 is 0 Å². The van der Waals surface area contributed by atoms with E-state index >= 15 is 0 Å². The Hall–Kier alpha value is -4.05. The van der Waals surface area contributed by atoms with Gasteiger partial charge in [0.15, 0.2) is 11.5 Å². The average Bonchev–Trinajstić information content (AvgIpc) is 3.02. The fourth-order valence-corrected chi connectivity index (χ4v) is 5.48. The first-order valence-corrected chi connectivity index (χ1v) is 14.1. The Balaban J connectivity index is 0.00000337. The highest BCUT2D eigenvalue weighted by Gasteiger charge is 2.27. The monoisotopic (exact) mass is 561 g/mol. The Labute approximate surface area is 249 Å². The van der Waals surface area contributed by atoms with Crippen molar-refractivity contribution in [3.8, 4) is 22.6 Å². The van der Waals surface area contributed by atoms with Gasteiger partial charge in [-0.2, -0.15) is 0 Å². The van der Waals surface area contributed by atoms with Gasteiger partial charge in [0.2, 0.25) is 0 Å². The molecule has 1 unspecified atom stereocenters. The standard InChI is InChI=1S/C37H35NO2.ClH/c1-38-22-21-33-24-36(39-26-29-11-5-2-6-12-29)37(40-27-30-13-7-3-8-14-30)25-34(33)35(38)23-28-17-19-32(20-18-28)31-15-9-4-10-16-31;/h2-20,24-25,35H,21-23,26-27H2,1H3;1H. The summed E-state index contributed by atoms with van der Waals surface area (Å²) in [6.07, 6.45) is 1.94. The van der Waals surface area contributed by atoms with Gasteiger partial charge in [0, 0.05) is 12.6 Å². The maximum atomic E-state index is 6.43. The second kappa shape index (κ2) is 13.5. The summed E-state index contributed by atoms with van der Waals surface area (Å²) in [7, 11) is 2.23. The van der Waals surface area contributed by atoms with Crippen LogP contribution in [-0.2, 0) is 26.1 Å². The molecule has 1 aliphatic heterocycles. The van der Waals surface area contributed by atoms with Crippen LogP contribution < -0.4 is 9.47 Å². The van der Waals surface area contributed by atoms with Crippen LogP contribution >= 0.6 is 12.4 Å². The van der Waals surface area contributed by atoms with Gasteiger partial charge in [-0.1, -0.05) is 115 Å². The molecule has 0 aromatic heterocycles. The third kappa shape index (κ3) is 7.00. The van der Waals surface area contributed by atoms with Gasteiger partial charge in [0.05, 0.1) is 0 Å². The molecule has 4 heteroatoms. The fraction of sp³-hybridized carbons (Fsp3) is 0.189. The molecule has 208 valence electrons. The predicted molar refractivity (Wildman–Crippen MR) is 170 cm³/mol. The largest absolute Gasteiger partial charge is 0.485 e. The minimum Gasteiger partial charge on any atom is -0.485 e. The van der Waals surface area contributed by atoms with Gasteiger partial charge in [0.1, 0.15) is 13.2 Å². The summed E-state index contributed by atoms with van der Waals surface area (Å²) in [5.41, 5.74) is 8.79. The van der Waals surface area contributed by atoms with E-state index in [2.05, 4.69) is 103 Å². The molecule has 0 spiro atoms. The van der Waals surface area contributed by atoms with Gasteiger partial charge in [0.25, 0.3) is 0 Å². The molecule has 41 heavy (non-hydrogen) atoms. The van der Waals surface area contributed by atoms with E-state index in [1.54, 1.807) is 0 Å². The zero-order valence-electron chi connectivity index (χ0n) is 23.4. The van der Waals surface area contributed by atoms with Crippen molar-refractivity contribution in [3.63, 3.8) is 0 Å². The number of fused-ring (bicyclic) bond motifs is 1. The number of ether oxygens (including phenoxy) is 2. The molecule has 0 aliphatic carbocycles. The molecular formula is C37H36ClNO2. The minimum atomic E-state index is 0. The maximum Gasteiger partial charge on any atom is 0.162 e. The van der Waals surface area contributed by atoms with Gasteiger partial charge in [-0.25, -0.2) is 0 Å². The molecule has 1 heterocycles. The molecule has 0 fully saturated rings. The zero-order valence-corrected chi connectivity index (χ0v) is 24.2. The van der Waals surface area contributed by atoms with Crippen LogP contribution in [-0.4, -0.2) is 18.5 Å². The molecule has 0 saturated carbocycles. The van der Waals surface area contributed by atoms with Crippen LogP contribution in [0.1, 0.15) is 33.9 Å². The molecular weight excluding hydrogens is 526 g/mol.